The van der Waals surface area contributed by atoms with Gasteiger partial charge in [-0.2, -0.15) is 5.10 Å². The number of carbonyl (C=O) groups excluding carboxylic acids is 1. The van der Waals surface area contributed by atoms with Gasteiger partial charge in [-0.3, -0.25) is 4.79 Å². The van der Waals surface area contributed by atoms with Gasteiger partial charge in [-0.1, -0.05) is 32.9 Å². The van der Waals surface area contributed by atoms with Crippen LogP contribution < -0.4 is 5.32 Å². The number of carboxylic acids is 1. The molecule has 8 heteroatoms. The third-order valence-electron chi connectivity index (χ3n) is 3.77. The Morgan fingerprint density at radius 3 is 2.59 bits per heavy atom. The highest BCUT2D eigenvalue weighted by molar-refractivity contribution is 7.09. The lowest BCUT2D eigenvalue weighted by molar-refractivity contribution is -0.115. The maximum absolute atomic E-state index is 12.5. The van der Waals surface area contributed by atoms with Crippen molar-refractivity contribution >= 4 is 28.9 Å². The minimum Gasteiger partial charge on any atom is -0.476 e. The third-order valence-corrected chi connectivity index (χ3v) is 5.09. The van der Waals surface area contributed by atoms with E-state index < -0.39 is 5.97 Å². The van der Waals surface area contributed by atoms with Crippen molar-refractivity contribution < 1.29 is 14.7 Å². The number of thiazole rings is 1. The van der Waals surface area contributed by atoms with E-state index in [0.717, 1.165) is 10.7 Å². The first kappa shape index (κ1) is 18.8. The largest absolute Gasteiger partial charge is 0.476 e. The zero-order valence-corrected chi connectivity index (χ0v) is 16.1. The topological polar surface area (TPSA) is 97.1 Å². The minimum atomic E-state index is -1.10. The van der Waals surface area contributed by atoms with Crippen LogP contribution in [0.5, 0.6) is 0 Å². The standard InChI is InChI=1S/C19H20N4O3S/c1-19(2,3)18-20-12(11-27-18)10-16(24)21-13-6-4-5-7-15(13)23-9-8-14(22-23)17(25)26/h4-9,11H,10H2,1-3H3,(H,21,24)(H,25,26). The lowest BCUT2D eigenvalue weighted by Gasteiger charge is -2.13. The predicted molar refractivity (Wildman–Crippen MR) is 104 cm³/mol. The Morgan fingerprint density at radius 1 is 1.22 bits per heavy atom. The number of aromatic carboxylic acids is 1. The van der Waals surface area contributed by atoms with E-state index in [-0.39, 0.29) is 23.4 Å². The summed E-state index contributed by atoms with van der Waals surface area (Å²) in [5.74, 6) is -1.30. The zero-order chi connectivity index (χ0) is 19.6. The summed E-state index contributed by atoms with van der Waals surface area (Å²) in [6.07, 6.45) is 1.71. The van der Waals surface area contributed by atoms with E-state index in [4.69, 9.17) is 5.11 Å². The SMILES string of the molecule is CC(C)(C)c1nc(CC(=O)Nc2ccccc2-n2ccc(C(=O)O)n2)cs1. The molecule has 2 heterocycles. The Labute approximate surface area is 160 Å². The van der Waals surface area contributed by atoms with Gasteiger partial charge in [0.15, 0.2) is 5.69 Å². The minimum absolute atomic E-state index is 0.0477. The van der Waals surface area contributed by atoms with Crippen LogP contribution in [0.3, 0.4) is 0 Å². The van der Waals surface area contributed by atoms with Crippen LogP contribution in [0.1, 0.15) is 42.0 Å². The Hall–Kier alpha value is -3.00. The fourth-order valence-corrected chi connectivity index (χ4v) is 3.35. The van der Waals surface area contributed by atoms with Crippen molar-refractivity contribution in [1.29, 1.82) is 0 Å². The zero-order valence-electron chi connectivity index (χ0n) is 15.3. The molecular weight excluding hydrogens is 364 g/mol. The Balaban J connectivity index is 1.76. The van der Waals surface area contributed by atoms with E-state index >= 15 is 0 Å². The quantitative estimate of drug-likeness (QED) is 0.702. The normalized spacial score (nSPS) is 11.4. The lowest BCUT2D eigenvalue weighted by atomic mass is 9.98. The molecule has 0 aliphatic rings. The molecule has 0 fully saturated rings. The Kier molecular flexibility index (Phi) is 5.09. The number of hydrogen-bond acceptors (Lipinski definition) is 5. The molecule has 3 aromatic rings. The molecule has 0 unspecified atom stereocenters. The van der Waals surface area contributed by atoms with Crippen molar-refractivity contribution in [2.75, 3.05) is 5.32 Å². The summed E-state index contributed by atoms with van der Waals surface area (Å²) in [7, 11) is 0. The van der Waals surface area contributed by atoms with Crippen LogP contribution in [0.15, 0.2) is 41.9 Å². The van der Waals surface area contributed by atoms with Crippen LogP contribution in [0.25, 0.3) is 5.69 Å². The molecule has 27 heavy (non-hydrogen) atoms. The Bertz CT molecular complexity index is 985. The van der Waals surface area contributed by atoms with Gasteiger partial charge in [-0.05, 0) is 18.2 Å². The average molecular weight is 384 g/mol. The van der Waals surface area contributed by atoms with Crippen LogP contribution in [-0.4, -0.2) is 31.7 Å². The highest BCUT2D eigenvalue weighted by atomic mass is 32.1. The van der Waals surface area contributed by atoms with Crippen molar-refractivity contribution in [2.24, 2.45) is 0 Å². The number of benzene rings is 1. The van der Waals surface area contributed by atoms with E-state index in [0.29, 0.717) is 11.4 Å². The fourth-order valence-electron chi connectivity index (χ4n) is 2.44. The number of aromatic nitrogens is 3. The van der Waals surface area contributed by atoms with Crippen LogP contribution in [0.4, 0.5) is 5.69 Å². The van der Waals surface area contributed by atoms with Gasteiger partial charge in [0, 0.05) is 17.0 Å². The molecule has 1 amide bonds. The summed E-state index contributed by atoms with van der Waals surface area (Å²) in [6.45, 7) is 6.25. The second kappa shape index (κ2) is 7.32. The molecule has 0 saturated carbocycles. The van der Waals surface area contributed by atoms with Crippen molar-refractivity contribution in [2.45, 2.75) is 32.6 Å². The third kappa shape index (κ3) is 4.40. The van der Waals surface area contributed by atoms with Gasteiger partial charge < -0.3 is 10.4 Å². The molecule has 7 nitrogen and oxygen atoms in total. The summed E-state index contributed by atoms with van der Waals surface area (Å²) in [5.41, 5.74) is 1.76. The first-order chi connectivity index (χ1) is 12.7. The molecule has 2 aromatic heterocycles. The molecule has 3 rings (SSSR count). The first-order valence-corrected chi connectivity index (χ1v) is 9.25. The number of carboxylic acid groups (broad SMARTS) is 1. The van der Waals surface area contributed by atoms with Crippen LogP contribution in [0.2, 0.25) is 0 Å². The van der Waals surface area contributed by atoms with E-state index in [1.165, 1.54) is 10.7 Å². The van der Waals surface area contributed by atoms with E-state index in [2.05, 4.69) is 36.2 Å². The first-order valence-electron chi connectivity index (χ1n) is 8.37. The summed E-state index contributed by atoms with van der Waals surface area (Å²) in [5, 5.41) is 18.8. The van der Waals surface area contributed by atoms with E-state index in [1.807, 2.05) is 5.38 Å². The molecule has 0 radical (unpaired) electrons. The number of nitrogens with zero attached hydrogens (tertiary/aromatic N) is 3. The summed E-state index contributed by atoms with van der Waals surface area (Å²) >= 11 is 1.55. The number of hydrogen-bond donors (Lipinski definition) is 2. The lowest BCUT2D eigenvalue weighted by Crippen LogP contribution is -2.17. The Morgan fingerprint density at radius 2 is 1.96 bits per heavy atom. The van der Waals surface area contributed by atoms with Gasteiger partial charge in [-0.15, -0.1) is 11.3 Å². The van der Waals surface area contributed by atoms with Crippen LogP contribution >= 0.6 is 11.3 Å². The molecule has 0 aliphatic carbocycles. The molecular formula is C19H20N4O3S. The summed E-state index contributed by atoms with van der Waals surface area (Å²) < 4.78 is 1.43. The number of carbonyl (C=O) groups is 2. The smallest absolute Gasteiger partial charge is 0.356 e. The van der Waals surface area contributed by atoms with Gasteiger partial charge >= 0.3 is 5.97 Å². The number of rotatable bonds is 5. The monoisotopic (exact) mass is 384 g/mol. The maximum atomic E-state index is 12.5. The van der Waals surface area contributed by atoms with E-state index in [1.54, 1.807) is 41.8 Å². The van der Waals surface area contributed by atoms with Gasteiger partial charge in [0.2, 0.25) is 5.91 Å². The average Bonchev–Trinajstić information content (AvgIpc) is 3.24. The number of nitrogens with one attached hydrogen (secondary N) is 1. The molecule has 0 atom stereocenters. The maximum Gasteiger partial charge on any atom is 0.356 e. The van der Waals surface area contributed by atoms with Gasteiger partial charge in [0.1, 0.15) is 0 Å². The highest BCUT2D eigenvalue weighted by Crippen LogP contribution is 2.26. The molecule has 140 valence electrons. The molecule has 0 bridgehead atoms. The van der Waals surface area contributed by atoms with Crippen LogP contribution in [0, 0.1) is 0 Å². The second-order valence-electron chi connectivity index (χ2n) is 7.09. The van der Waals surface area contributed by atoms with Gasteiger partial charge in [0.05, 0.1) is 28.5 Å². The molecule has 0 aliphatic heterocycles. The number of amides is 1. The van der Waals surface area contributed by atoms with Crippen molar-refractivity contribution in [3.8, 4) is 5.69 Å². The molecule has 0 saturated heterocycles. The van der Waals surface area contributed by atoms with Crippen molar-refractivity contribution in [3.63, 3.8) is 0 Å². The molecule has 0 spiro atoms. The second-order valence-corrected chi connectivity index (χ2v) is 7.94. The fraction of sp³-hybridized carbons (Fsp3) is 0.263. The van der Waals surface area contributed by atoms with Gasteiger partial charge in [0.25, 0.3) is 0 Å². The van der Waals surface area contributed by atoms with Gasteiger partial charge in [-0.25, -0.2) is 14.5 Å². The number of para-hydroxylation sites is 2. The highest BCUT2D eigenvalue weighted by Gasteiger charge is 2.19. The van der Waals surface area contributed by atoms with Crippen molar-refractivity contribution in [3.05, 3.63) is 58.3 Å². The van der Waals surface area contributed by atoms with Crippen molar-refractivity contribution in [1.82, 2.24) is 14.8 Å². The van der Waals surface area contributed by atoms with Crippen LogP contribution in [-0.2, 0) is 16.6 Å². The summed E-state index contributed by atoms with van der Waals surface area (Å²) in [4.78, 5) is 28.0. The number of anilines is 1. The molecule has 1 aromatic carbocycles. The predicted octanol–water partition coefficient (Wildman–Crippen LogP) is 3.51. The summed E-state index contributed by atoms with van der Waals surface area (Å²) in [6, 6.07) is 8.50. The molecule has 2 N–H and O–H groups in total. The van der Waals surface area contributed by atoms with E-state index in [9.17, 15) is 9.59 Å².